The lowest BCUT2D eigenvalue weighted by molar-refractivity contribution is 0.0849. The molecule has 0 fully saturated rings. The molecule has 5 rings (SSSR count). The summed E-state index contributed by atoms with van der Waals surface area (Å²) in [5.41, 5.74) is 16.7. The third-order valence-electron chi connectivity index (χ3n) is 5.98. The molecule has 8 heteroatoms. The van der Waals surface area contributed by atoms with Gasteiger partial charge in [0.15, 0.2) is 0 Å². The van der Waals surface area contributed by atoms with Gasteiger partial charge < -0.3 is 10.5 Å². The minimum atomic E-state index is -0.508. The average Bonchev–Trinajstić information content (AvgIpc) is 3.28. The second-order valence-corrected chi connectivity index (χ2v) is 9.45. The highest BCUT2D eigenvalue weighted by molar-refractivity contribution is 7.21. The normalized spacial score (nSPS) is 10.8. The number of aryl methyl sites for hydroxylation is 1. The Morgan fingerprint density at radius 1 is 0.865 bits per heavy atom. The van der Waals surface area contributed by atoms with E-state index in [2.05, 4.69) is 10.9 Å². The first-order valence-corrected chi connectivity index (χ1v) is 12.4. The molecule has 2 aromatic heterocycles. The van der Waals surface area contributed by atoms with E-state index in [0.717, 1.165) is 33.7 Å². The van der Waals surface area contributed by atoms with Gasteiger partial charge in [0.25, 0.3) is 11.8 Å². The number of nitrogens with two attached hydrogens (primary N) is 1. The Morgan fingerprint density at radius 2 is 1.54 bits per heavy atom. The minimum Gasteiger partial charge on any atom is -0.497 e. The van der Waals surface area contributed by atoms with E-state index in [1.165, 1.54) is 11.3 Å². The van der Waals surface area contributed by atoms with Crippen molar-refractivity contribution in [2.45, 2.75) is 6.92 Å². The predicted octanol–water partition coefficient (Wildman–Crippen LogP) is 5.60. The lowest BCUT2D eigenvalue weighted by Gasteiger charge is -2.09. The smallest absolute Gasteiger partial charge is 0.281 e. The number of carbonyl (C=O) groups is 2. The third kappa shape index (κ3) is 4.87. The standard InChI is InChI=1S/C29H24N4O3S/c1-17-8-10-20(11-9-17)27(34)32-33-28(35)26-25(30)24-22(18-6-4-3-5-7-18)16-23(31-29(24)37-26)19-12-14-21(36-2)15-13-19/h3-16H,30H2,1-2H3,(H,32,34)(H,33,35). The van der Waals surface area contributed by atoms with Crippen molar-refractivity contribution < 1.29 is 14.3 Å². The molecule has 0 saturated heterocycles. The van der Waals surface area contributed by atoms with Gasteiger partial charge in [-0.25, -0.2) is 4.98 Å². The van der Waals surface area contributed by atoms with Gasteiger partial charge in [0.2, 0.25) is 0 Å². The molecule has 0 bridgehead atoms. The molecule has 0 unspecified atom stereocenters. The van der Waals surface area contributed by atoms with Crippen LogP contribution in [-0.2, 0) is 0 Å². The van der Waals surface area contributed by atoms with E-state index in [4.69, 9.17) is 15.5 Å². The van der Waals surface area contributed by atoms with Gasteiger partial charge in [0.05, 0.1) is 18.5 Å². The number of anilines is 1. The van der Waals surface area contributed by atoms with Gasteiger partial charge in [-0.3, -0.25) is 20.4 Å². The number of ether oxygens (including phenoxy) is 1. The van der Waals surface area contributed by atoms with E-state index in [-0.39, 0.29) is 4.88 Å². The van der Waals surface area contributed by atoms with Crippen LogP contribution in [0.2, 0.25) is 0 Å². The summed E-state index contributed by atoms with van der Waals surface area (Å²) in [6.07, 6.45) is 0. The van der Waals surface area contributed by atoms with Crippen molar-refractivity contribution in [1.82, 2.24) is 15.8 Å². The van der Waals surface area contributed by atoms with Crippen LogP contribution in [0.1, 0.15) is 25.6 Å². The summed E-state index contributed by atoms with van der Waals surface area (Å²) in [5, 5.41) is 0.698. The van der Waals surface area contributed by atoms with E-state index >= 15 is 0 Å². The highest BCUT2D eigenvalue weighted by Crippen LogP contribution is 2.41. The van der Waals surface area contributed by atoms with Gasteiger partial charge in [-0.2, -0.15) is 0 Å². The first-order valence-electron chi connectivity index (χ1n) is 11.5. The molecule has 0 spiro atoms. The Balaban J connectivity index is 1.52. The van der Waals surface area contributed by atoms with Crippen LogP contribution in [-0.4, -0.2) is 23.9 Å². The fourth-order valence-corrected chi connectivity index (χ4v) is 5.01. The van der Waals surface area contributed by atoms with E-state index in [9.17, 15) is 9.59 Å². The summed E-state index contributed by atoms with van der Waals surface area (Å²) in [6.45, 7) is 1.94. The maximum absolute atomic E-state index is 13.1. The highest BCUT2D eigenvalue weighted by atomic mass is 32.1. The zero-order chi connectivity index (χ0) is 25.9. The molecule has 2 heterocycles. The molecular weight excluding hydrogens is 484 g/mol. The highest BCUT2D eigenvalue weighted by Gasteiger charge is 2.22. The van der Waals surface area contributed by atoms with Crippen molar-refractivity contribution >= 4 is 39.1 Å². The number of hydrazine groups is 1. The molecule has 2 amide bonds. The molecule has 3 aromatic carbocycles. The van der Waals surface area contributed by atoms with E-state index in [0.29, 0.717) is 21.5 Å². The number of fused-ring (bicyclic) bond motifs is 1. The third-order valence-corrected chi connectivity index (χ3v) is 7.08. The number of hydrogen-bond donors (Lipinski definition) is 3. The van der Waals surface area contributed by atoms with Crippen LogP contribution in [0.25, 0.3) is 32.6 Å². The number of hydrogen-bond acceptors (Lipinski definition) is 6. The Bertz CT molecular complexity index is 1600. The topological polar surface area (TPSA) is 106 Å². The van der Waals surface area contributed by atoms with Crippen molar-refractivity contribution in [3.8, 4) is 28.1 Å². The Kier molecular flexibility index (Phi) is 6.57. The molecule has 0 saturated carbocycles. The number of aromatic nitrogens is 1. The lowest BCUT2D eigenvalue weighted by Crippen LogP contribution is -2.41. The summed E-state index contributed by atoms with van der Waals surface area (Å²) in [5.74, 6) is -0.177. The maximum Gasteiger partial charge on any atom is 0.281 e. The van der Waals surface area contributed by atoms with Crippen molar-refractivity contribution in [2.75, 3.05) is 12.8 Å². The van der Waals surface area contributed by atoms with Crippen molar-refractivity contribution in [3.05, 3.63) is 101 Å². The van der Waals surface area contributed by atoms with Crippen LogP contribution in [0.3, 0.4) is 0 Å². The van der Waals surface area contributed by atoms with Crippen LogP contribution >= 0.6 is 11.3 Å². The SMILES string of the molecule is COc1ccc(-c2cc(-c3ccccc3)c3c(N)c(C(=O)NNC(=O)c4ccc(C)cc4)sc3n2)cc1. The molecular formula is C29H24N4O3S. The fraction of sp³-hybridized carbons (Fsp3) is 0.0690. The van der Waals surface area contributed by atoms with Gasteiger partial charge in [-0.05, 0) is 60.5 Å². The molecule has 37 heavy (non-hydrogen) atoms. The summed E-state index contributed by atoms with van der Waals surface area (Å²) >= 11 is 1.18. The molecule has 0 aliphatic rings. The van der Waals surface area contributed by atoms with Crippen molar-refractivity contribution in [2.24, 2.45) is 0 Å². The van der Waals surface area contributed by atoms with Crippen LogP contribution in [0.5, 0.6) is 5.75 Å². The molecule has 4 N–H and O–H groups in total. The molecule has 5 aromatic rings. The number of benzene rings is 3. The van der Waals surface area contributed by atoms with Crippen molar-refractivity contribution in [3.63, 3.8) is 0 Å². The van der Waals surface area contributed by atoms with Gasteiger partial charge >= 0.3 is 0 Å². The van der Waals surface area contributed by atoms with Crippen LogP contribution in [0.4, 0.5) is 5.69 Å². The second-order valence-electron chi connectivity index (χ2n) is 8.45. The zero-order valence-electron chi connectivity index (χ0n) is 20.2. The Labute approximate surface area is 217 Å². The first kappa shape index (κ1) is 24.0. The number of nitrogen functional groups attached to an aromatic ring is 1. The van der Waals surface area contributed by atoms with E-state index < -0.39 is 11.8 Å². The van der Waals surface area contributed by atoms with E-state index in [1.807, 2.05) is 79.7 Å². The van der Waals surface area contributed by atoms with Gasteiger partial charge in [0, 0.05) is 16.5 Å². The fourth-order valence-electron chi connectivity index (χ4n) is 3.99. The lowest BCUT2D eigenvalue weighted by atomic mass is 9.99. The molecule has 184 valence electrons. The molecule has 0 atom stereocenters. The average molecular weight is 509 g/mol. The predicted molar refractivity (Wildman–Crippen MR) is 148 cm³/mol. The quantitative estimate of drug-likeness (QED) is 0.268. The largest absolute Gasteiger partial charge is 0.497 e. The number of rotatable bonds is 5. The van der Waals surface area contributed by atoms with Crippen LogP contribution < -0.4 is 21.3 Å². The number of pyridine rings is 1. The summed E-state index contributed by atoms with van der Waals surface area (Å²) in [4.78, 5) is 31.3. The van der Waals surface area contributed by atoms with Gasteiger partial charge in [-0.15, -0.1) is 11.3 Å². The first-order chi connectivity index (χ1) is 17.9. The number of carbonyl (C=O) groups excluding carboxylic acids is 2. The summed E-state index contributed by atoms with van der Waals surface area (Å²) in [6, 6.07) is 26.5. The second kappa shape index (κ2) is 10.1. The Morgan fingerprint density at radius 3 is 2.22 bits per heavy atom. The monoisotopic (exact) mass is 508 g/mol. The Hall–Kier alpha value is -4.69. The van der Waals surface area contributed by atoms with Crippen molar-refractivity contribution in [1.29, 1.82) is 0 Å². The molecule has 0 aliphatic heterocycles. The van der Waals surface area contributed by atoms with Crippen LogP contribution in [0, 0.1) is 6.92 Å². The molecule has 0 aliphatic carbocycles. The summed E-state index contributed by atoms with van der Waals surface area (Å²) < 4.78 is 5.28. The van der Waals surface area contributed by atoms with Gasteiger partial charge in [-0.1, -0.05) is 48.0 Å². The molecule has 7 nitrogen and oxygen atoms in total. The summed E-state index contributed by atoms with van der Waals surface area (Å²) in [7, 11) is 1.62. The zero-order valence-corrected chi connectivity index (χ0v) is 21.1. The maximum atomic E-state index is 13.1. The minimum absolute atomic E-state index is 0.274. The molecule has 0 radical (unpaired) electrons. The number of methoxy groups -OCH3 is 1. The van der Waals surface area contributed by atoms with E-state index in [1.54, 1.807) is 19.2 Å². The number of nitrogens with zero attached hydrogens (tertiary/aromatic N) is 1. The van der Waals surface area contributed by atoms with Gasteiger partial charge in [0.1, 0.15) is 15.5 Å². The number of thiophene rings is 1. The number of nitrogens with one attached hydrogen (secondary N) is 2. The number of amides is 2. The van der Waals surface area contributed by atoms with Crippen LogP contribution in [0.15, 0.2) is 84.9 Å².